The van der Waals surface area contributed by atoms with E-state index in [1.54, 1.807) is 10.6 Å². The van der Waals surface area contributed by atoms with Crippen LogP contribution in [-0.2, 0) is 9.63 Å². The highest BCUT2D eigenvalue weighted by atomic mass is 16.6. The fraction of sp³-hybridized carbons (Fsp3) is 0.655. The Hall–Kier alpha value is -2.78. The van der Waals surface area contributed by atoms with Crippen LogP contribution in [0.3, 0.4) is 0 Å². The van der Waals surface area contributed by atoms with Gasteiger partial charge in [-0.1, -0.05) is 43.0 Å². The summed E-state index contributed by atoms with van der Waals surface area (Å²) in [6.45, 7) is -0.473. The van der Waals surface area contributed by atoms with Crippen LogP contribution in [0.1, 0.15) is 82.4 Å². The van der Waals surface area contributed by atoms with Crippen molar-refractivity contribution >= 4 is 22.7 Å². The second kappa shape index (κ2) is 10.8. The van der Waals surface area contributed by atoms with E-state index in [0.29, 0.717) is 23.6 Å². The molecular weight excluding hydrogens is 484 g/mol. The van der Waals surface area contributed by atoms with Gasteiger partial charge in [0.1, 0.15) is 6.61 Å². The summed E-state index contributed by atoms with van der Waals surface area (Å²) in [6.07, 6.45) is 13.7. The molecule has 4 fully saturated rings. The first-order valence-electron chi connectivity index (χ1n) is 14.4. The van der Waals surface area contributed by atoms with E-state index >= 15 is 0 Å². The van der Waals surface area contributed by atoms with E-state index in [1.165, 1.54) is 44.9 Å². The fourth-order valence-corrected chi connectivity index (χ4v) is 8.11. The van der Waals surface area contributed by atoms with Gasteiger partial charge in [0.2, 0.25) is 5.71 Å². The number of carbonyl (C=O) groups is 1. The molecule has 2 saturated carbocycles. The van der Waals surface area contributed by atoms with Gasteiger partial charge in [0, 0.05) is 24.2 Å². The predicted octanol–water partition coefficient (Wildman–Crippen LogP) is 3.72. The van der Waals surface area contributed by atoms with Gasteiger partial charge >= 0.3 is 5.97 Å². The highest BCUT2D eigenvalue weighted by Crippen LogP contribution is 2.47. The van der Waals surface area contributed by atoms with Crippen molar-refractivity contribution in [1.29, 1.82) is 0 Å². The largest absolute Gasteiger partial charge is 0.476 e. The first kappa shape index (κ1) is 25.5. The van der Waals surface area contributed by atoms with Crippen molar-refractivity contribution in [2.45, 2.75) is 94.8 Å². The van der Waals surface area contributed by atoms with Gasteiger partial charge < -0.3 is 19.6 Å². The molecule has 5 atom stereocenters. The Bertz CT molecular complexity index is 1250. The third-order valence-electron chi connectivity index (χ3n) is 9.46. The average Bonchev–Trinajstić information content (AvgIpc) is 3.06. The van der Waals surface area contributed by atoms with Crippen molar-refractivity contribution < 1.29 is 19.8 Å². The van der Waals surface area contributed by atoms with Gasteiger partial charge in [0.25, 0.3) is 5.56 Å². The third-order valence-corrected chi connectivity index (χ3v) is 9.46. The van der Waals surface area contributed by atoms with Crippen molar-refractivity contribution in [3.8, 4) is 0 Å². The molecule has 4 aliphatic rings. The maximum atomic E-state index is 13.9. The number of carboxylic acids is 1. The van der Waals surface area contributed by atoms with E-state index in [-0.39, 0.29) is 24.9 Å². The zero-order valence-corrected chi connectivity index (χ0v) is 21.9. The van der Waals surface area contributed by atoms with E-state index in [1.807, 2.05) is 18.2 Å². The molecule has 9 nitrogen and oxygen atoms in total. The van der Waals surface area contributed by atoms with E-state index in [4.69, 9.17) is 9.94 Å². The van der Waals surface area contributed by atoms with Crippen molar-refractivity contribution in [2.75, 3.05) is 13.2 Å². The SMILES string of the molecule is O=C(O)C(=NOCCO)c1nc2ccccc2n([C@H]2C[C@H]3CC[C@@H](C2)N3C2CC3CCCCC(C3)C2)c1=O. The van der Waals surface area contributed by atoms with Crippen LogP contribution in [-0.4, -0.2) is 67.7 Å². The van der Waals surface area contributed by atoms with Gasteiger partial charge in [0.05, 0.1) is 17.6 Å². The van der Waals surface area contributed by atoms with Crippen molar-refractivity contribution in [3.05, 3.63) is 40.3 Å². The van der Waals surface area contributed by atoms with Crippen LogP contribution in [0, 0.1) is 11.8 Å². The van der Waals surface area contributed by atoms with Gasteiger partial charge in [-0.05, 0) is 68.9 Å². The van der Waals surface area contributed by atoms with Crippen LogP contribution >= 0.6 is 0 Å². The molecule has 0 amide bonds. The van der Waals surface area contributed by atoms with Gasteiger partial charge in [-0.25, -0.2) is 9.78 Å². The number of para-hydroxylation sites is 2. The molecule has 2 aliphatic heterocycles. The number of fused-ring (bicyclic) bond motifs is 5. The van der Waals surface area contributed by atoms with Crippen LogP contribution in [0.2, 0.25) is 0 Å². The molecule has 3 heterocycles. The summed E-state index contributed by atoms with van der Waals surface area (Å²) < 4.78 is 1.78. The van der Waals surface area contributed by atoms with E-state index in [2.05, 4.69) is 15.0 Å². The van der Waals surface area contributed by atoms with Gasteiger partial charge in [-0.2, -0.15) is 0 Å². The zero-order chi connectivity index (χ0) is 26.2. The number of rotatable bonds is 7. The standard InChI is InChI=1S/C29H38N4O5/c34-11-12-38-31-27(29(36)37)26-28(35)33(25-8-4-3-7-24(25)30-26)23-16-20-9-10-21(17-23)32(20)22-14-18-5-1-2-6-19(13-18)15-22/h3-4,7-8,18-23,34H,1-2,5-6,9-17H2,(H,36,37)/t18?,19?,20-,21+,22?,23+. The number of piperidine rings is 1. The van der Waals surface area contributed by atoms with E-state index in [0.717, 1.165) is 43.0 Å². The van der Waals surface area contributed by atoms with E-state index in [9.17, 15) is 14.7 Å². The first-order valence-corrected chi connectivity index (χ1v) is 14.4. The van der Waals surface area contributed by atoms with Crippen LogP contribution in [0.15, 0.2) is 34.2 Å². The molecule has 6 rings (SSSR count). The van der Waals surface area contributed by atoms with Crippen molar-refractivity contribution in [1.82, 2.24) is 14.5 Å². The lowest BCUT2D eigenvalue weighted by Gasteiger charge is -2.48. The fourth-order valence-electron chi connectivity index (χ4n) is 8.11. The Morgan fingerprint density at radius 1 is 0.947 bits per heavy atom. The molecule has 2 N–H and O–H groups in total. The number of benzene rings is 1. The predicted molar refractivity (Wildman–Crippen MR) is 143 cm³/mol. The quantitative estimate of drug-likeness (QED) is 0.323. The van der Waals surface area contributed by atoms with Crippen LogP contribution < -0.4 is 5.56 Å². The number of hydrogen-bond donors (Lipinski definition) is 2. The zero-order valence-electron chi connectivity index (χ0n) is 21.9. The van der Waals surface area contributed by atoms with E-state index < -0.39 is 17.2 Å². The van der Waals surface area contributed by atoms with Crippen molar-refractivity contribution in [3.63, 3.8) is 0 Å². The van der Waals surface area contributed by atoms with Gasteiger partial charge in [-0.15, -0.1) is 0 Å². The molecule has 1 aromatic heterocycles. The molecule has 2 aliphatic carbocycles. The summed E-state index contributed by atoms with van der Waals surface area (Å²) in [5, 5.41) is 22.5. The molecule has 4 bridgehead atoms. The molecule has 0 radical (unpaired) electrons. The number of aliphatic hydroxyl groups excluding tert-OH is 1. The second-order valence-corrected chi connectivity index (χ2v) is 11.8. The minimum absolute atomic E-state index is 0.0258. The monoisotopic (exact) mass is 522 g/mol. The molecule has 2 aromatic rings. The average molecular weight is 523 g/mol. The van der Waals surface area contributed by atoms with Crippen LogP contribution in [0.5, 0.6) is 0 Å². The summed E-state index contributed by atoms with van der Waals surface area (Å²) in [4.78, 5) is 38.1. The summed E-state index contributed by atoms with van der Waals surface area (Å²) in [5.74, 6) is 0.354. The second-order valence-electron chi connectivity index (χ2n) is 11.8. The number of oxime groups is 1. The van der Waals surface area contributed by atoms with Crippen LogP contribution in [0.25, 0.3) is 11.0 Å². The minimum Gasteiger partial charge on any atom is -0.476 e. The molecule has 38 heavy (non-hydrogen) atoms. The lowest BCUT2D eigenvalue weighted by atomic mass is 9.76. The van der Waals surface area contributed by atoms with Crippen molar-refractivity contribution in [2.24, 2.45) is 17.0 Å². The molecule has 2 unspecified atom stereocenters. The van der Waals surface area contributed by atoms with Gasteiger partial charge in [-0.3, -0.25) is 9.69 Å². The number of aliphatic carboxylic acids is 1. The lowest BCUT2D eigenvalue weighted by Crippen LogP contribution is -2.52. The number of carboxylic acid groups (broad SMARTS) is 1. The Morgan fingerprint density at radius 3 is 2.29 bits per heavy atom. The smallest absolute Gasteiger partial charge is 0.360 e. The Labute approximate surface area is 222 Å². The Balaban J connectivity index is 1.33. The molecule has 0 spiro atoms. The maximum Gasteiger partial charge on any atom is 0.360 e. The minimum atomic E-state index is -1.39. The highest BCUT2D eigenvalue weighted by molar-refractivity contribution is 6.41. The number of nitrogens with zero attached hydrogens (tertiary/aromatic N) is 4. The summed E-state index contributed by atoms with van der Waals surface area (Å²) in [5.41, 5.74) is 0.0839. The normalized spacial score (nSPS) is 31.8. The highest BCUT2D eigenvalue weighted by Gasteiger charge is 2.47. The molecule has 2 saturated heterocycles. The Morgan fingerprint density at radius 2 is 1.63 bits per heavy atom. The van der Waals surface area contributed by atoms with Crippen LogP contribution in [0.4, 0.5) is 0 Å². The first-order chi connectivity index (χ1) is 18.5. The topological polar surface area (TPSA) is 117 Å². The lowest BCUT2D eigenvalue weighted by molar-refractivity contribution is -0.129. The summed E-state index contributed by atoms with van der Waals surface area (Å²) in [7, 11) is 0. The third kappa shape index (κ3) is 4.75. The number of hydrogen-bond acceptors (Lipinski definition) is 7. The summed E-state index contributed by atoms with van der Waals surface area (Å²) in [6, 6.07) is 8.96. The van der Waals surface area contributed by atoms with Gasteiger partial charge in [0.15, 0.2) is 5.69 Å². The summed E-state index contributed by atoms with van der Waals surface area (Å²) >= 11 is 0. The molecule has 9 heteroatoms. The molecule has 1 aromatic carbocycles. The number of aromatic nitrogens is 2. The molecular formula is C29H38N4O5. The Kier molecular flexibility index (Phi) is 7.22. The maximum absolute atomic E-state index is 13.9. The molecule has 204 valence electrons. The number of aliphatic hydroxyl groups is 1.